The summed E-state index contributed by atoms with van der Waals surface area (Å²) in [6, 6.07) is 8.49. The molecule has 5 aromatic rings. The summed E-state index contributed by atoms with van der Waals surface area (Å²) in [5, 5.41) is 31.9. The van der Waals surface area contributed by atoms with Crippen LogP contribution in [0.1, 0.15) is 49.2 Å². The van der Waals surface area contributed by atoms with Gasteiger partial charge in [0.05, 0.1) is 37.6 Å². The van der Waals surface area contributed by atoms with Crippen LogP contribution in [0.2, 0.25) is 0 Å². The third kappa shape index (κ3) is 7.59. The highest BCUT2D eigenvalue weighted by atomic mass is 32.1. The highest BCUT2D eigenvalue weighted by Gasteiger charge is 2.29. The van der Waals surface area contributed by atoms with Crippen LogP contribution in [0.4, 0.5) is 11.6 Å². The molecule has 1 saturated carbocycles. The predicted molar refractivity (Wildman–Crippen MR) is 176 cm³/mol. The Morgan fingerprint density at radius 1 is 1.08 bits per heavy atom. The zero-order valence-corrected chi connectivity index (χ0v) is 27.4. The Labute approximate surface area is 281 Å². The Bertz CT molecular complexity index is 1790. The normalized spacial score (nSPS) is 19.0. The lowest BCUT2D eigenvalue weighted by Crippen LogP contribution is -2.45. The van der Waals surface area contributed by atoms with E-state index in [1.165, 1.54) is 6.33 Å². The van der Waals surface area contributed by atoms with Crippen LogP contribution in [0.5, 0.6) is 11.6 Å². The molecule has 1 aliphatic heterocycles. The minimum Gasteiger partial charge on any atom is -0.487 e. The van der Waals surface area contributed by atoms with Gasteiger partial charge in [0.25, 0.3) is 5.88 Å². The second kappa shape index (κ2) is 14.8. The summed E-state index contributed by atoms with van der Waals surface area (Å²) in [4.78, 5) is 16.1. The molecule has 0 radical (unpaired) electrons. The summed E-state index contributed by atoms with van der Waals surface area (Å²) in [5.74, 6) is 1.36. The number of nitriles is 1. The van der Waals surface area contributed by atoms with Gasteiger partial charge in [-0.25, -0.2) is 19.6 Å². The first-order valence-electron chi connectivity index (χ1n) is 16.0. The van der Waals surface area contributed by atoms with Crippen molar-refractivity contribution >= 4 is 23.0 Å². The molecule has 0 amide bonds. The maximum atomic E-state index is 9.66. The summed E-state index contributed by atoms with van der Waals surface area (Å²) in [6.45, 7) is 6.33. The first-order valence-corrected chi connectivity index (χ1v) is 16.9. The third-order valence-corrected chi connectivity index (χ3v) is 9.37. The van der Waals surface area contributed by atoms with Gasteiger partial charge >= 0.3 is 0 Å². The van der Waals surface area contributed by atoms with Gasteiger partial charge in [-0.2, -0.15) is 5.26 Å². The molecule has 1 unspecified atom stereocenters. The van der Waals surface area contributed by atoms with Crippen molar-refractivity contribution < 1.29 is 14.2 Å². The van der Waals surface area contributed by atoms with Gasteiger partial charge in [-0.3, -0.25) is 9.58 Å². The number of hydrogen-bond donors (Lipinski definition) is 1. The molecule has 1 saturated heterocycles. The van der Waals surface area contributed by atoms with Crippen molar-refractivity contribution in [1.82, 2.24) is 49.8 Å². The van der Waals surface area contributed by atoms with Crippen LogP contribution in [0.25, 0.3) is 11.1 Å². The van der Waals surface area contributed by atoms with Gasteiger partial charge in [0, 0.05) is 48.7 Å². The van der Waals surface area contributed by atoms with Crippen molar-refractivity contribution in [1.29, 1.82) is 5.26 Å². The molecule has 48 heavy (non-hydrogen) atoms. The van der Waals surface area contributed by atoms with E-state index in [9.17, 15) is 5.26 Å². The number of morpholine rings is 1. The first kappa shape index (κ1) is 31.6. The number of rotatable bonds is 12. The fraction of sp³-hybridized carbons (Fsp3) is 0.438. The van der Waals surface area contributed by atoms with Gasteiger partial charge in [-0.15, -0.1) is 21.5 Å². The molecule has 4 aromatic heterocycles. The van der Waals surface area contributed by atoms with Crippen LogP contribution < -0.4 is 14.8 Å². The Morgan fingerprint density at radius 3 is 2.62 bits per heavy atom. The Morgan fingerprint density at radius 2 is 1.90 bits per heavy atom. The highest BCUT2D eigenvalue weighted by molar-refractivity contribution is 7.09. The molecule has 2 fully saturated rings. The van der Waals surface area contributed by atoms with Crippen molar-refractivity contribution in [3.05, 3.63) is 65.3 Å². The zero-order chi connectivity index (χ0) is 32.7. The highest BCUT2D eigenvalue weighted by Crippen LogP contribution is 2.35. The molecule has 7 rings (SSSR count). The quantitative estimate of drug-likeness (QED) is 0.201. The molecule has 1 aromatic carbocycles. The van der Waals surface area contributed by atoms with E-state index in [1.807, 2.05) is 35.3 Å². The van der Waals surface area contributed by atoms with Crippen molar-refractivity contribution in [3.8, 4) is 28.8 Å². The summed E-state index contributed by atoms with van der Waals surface area (Å²) >= 11 is 1.54. The first-order chi connectivity index (χ1) is 23.6. The molecule has 1 atom stereocenters. The molecular formula is C32H36N12O3S. The average Bonchev–Trinajstić information content (AvgIpc) is 3.92. The van der Waals surface area contributed by atoms with Crippen molar-refractivity contribution in [2.24, 2.45) is 0 Å². The maximum Gasteiger partial charge on any atom is 0.257 e. The van der Waals surface area contributed by atoms with E-state index in [0.29, 0.717) is 48.0 Å². The van der Waals surface area contributed by atoms with E-state index < -0.39 is 0 Å². The number of aromatic nitrogens is 9. The molecule has 5 heterocycles. The fourth-order valence-electron chi connectivity index (χ4n) is 6.17. The second-order valence-electron chi connectivity index (χ2n) is 11.9. The maximum absolute atomic E-state index is 9.66. The zero-order valence-electron chi connectivity index (χ0n) is 26.6. The minimum atomic E-state index is -0.272. The summed E-state index contributed by atoms with van der Waals surface area (Å²) in [6.07, 6.45) is 12.8. The lowest BCUT2D eigenvalue weighted by Gasteiger charge is -2.38. The van der Waals surface area contributed by atoms with E-state index >= 15 is 0 Å². The predicted octanol–water partition coefficient (Wildman–Crippen LogP) is 4.26. The molecule has 16 heteroatoms. The fourth-order valence-corrected chi connectivity index (χ4v) is 6.70. The van der Waals surface area contributed by atoms with E-state index in [2.05, 4.69) is 46.8 Å². The molecule has 2 aliphatic rings. The Kier molecular flexibility index (Phi) is 9.77. The monoisotopic (exact) mass is 668 g/mol. The number of hydrogen-bond acceptors (Lipinski definition) is 14. The van der Waals surface area contributed by atoms with Crippen LogP contribution >= 0.6 is 11.3 Å². The van der Waals surface area contributed by atoms with Crippen LogP contribution in [-0.2, 0) is 17.9 Å². The SMILES string of the molecule is CC(Cn1cnnn1)Oc1cc(-c2cnc(Nc3cn(C4CCC(N5CCOCC5)CC4)nc3OCc3nccs3)nc2)ccc1C#N. The van der Waals surface area contributed by atoms with Crippen molar-refractivity contribution in [3.63, 3.8) is 0 Å². The van der Waals surface area contributed by atoms with Crippen LogP contribution in [0.15, 0.2) is 54.7 Å². The number of benzene rings is 1. The van der Waals surface area contributed by atoms with E-state index in [-0.39, 0.29) is 12.1 Å². The number of nitrogens with zero attached hydrogens (tertiary/aromatic N) is 11. The Hall–Kier alpha value is -4.98. The van der Waals surface area contributed by atoms with Crippen molar-refractivity contribution in [2.45, 2.75) is 63.9 Å². The third-order valence-electron chi connectivity index (χ3n) is 8.61. The van der Waals surface area contributed by atoms with Gasteiger partial charge in [0.15, 0.2) is 0 Å². The van der Waals surface area contributed by atoms with Crippen LogP contribution in [0.3, 0.4) is 0 Å². The smallest absolute Gasteiger partial charge is 0.257 e. The van der Waals surface area contributed by atoms with E-state index in [1.54, 1.807) is 40.7 Å². The van der Waals surface area contributed by atoms with Gasteiger partial charge in [-0.05, 0) is 60.7 Å². The van der Waals surface area contributed by atoms with Gasteiger partial charge in [0.2, 0.25) is 5.95 Å². The summed E-state index contributed by atoms with van der Waals surface area (Å²) in [7, 11) is 0. The molecule has 0 spiro atoms. The van der Waals surface area contributed by atoms with Crippen LogP contribution in [0, 0.1) is 11.3 Å². The minimum absolute atomic E-state index is 0.272. The average molecular weight is 669 g/mol. The van der Waals surface area contributed by atoms with E-state index in [4.69, 9.17) is 19.3 Å². The Balaban J connectivity index is 1.05. The van der Waals surface area contributed by atoms with Gasteiger partial charge in [0.1, 0.15) is 41.6 Å². The molecule has 0 bridgehead atoms. The molecule has 15 nitrogen and oxygen atoms in total. The van der Waals surface area contributed by atoms with E-state index in [0.717, 1.165) is 68.1 Å². The molecule has 248 valence electrons. The number of ether oxygens (including phenoxy) is 3. The number of thiazole rings is 1. The second-order valence-corrected chi connectivity index (χ2v) is 12.8. The number of nitrogens with one attached hydrogen (secondary N) is 1. The molecule has 1 aliphatic carbocycles. The summed E-state index contributed by atoms with van der Waals surface area (Å²) < 4.78 is 21.4. The summed E-state index contributed by atoms with van der Waals surface area (Å²) in [5.41, 5.74) is 2.72. The lowest BCUT2D eigenvalue weighted by atomic mass is 9.90. The number of anilines is 2. The van der Waals surface area contributed by atoms with Crippen molar-refractivity contribution in [2.75, 3.05) is 31.6 Å². The molecular weight excluding hydrogens is 633 g/mol. The lowest BCUT2D eigenvalue weighted by molar-refractivity contribution is 0.00502. The van der Waals surface area contributed by atoms with Gasteiger partial charge in [-0.1, -0.05) is 6.07 Å². The molecule has 1 N–H and O–H groups in total. The largest absolute Gasteiger partial charge is 0.487 e. The van der Waals surface area contributed by atoms with Crippen LogP contribution in [-0.4, -0.2) is 88.3 Å². The topological polar surface area (TPSA) is 167 Å². The standard InChI is InChI=1S/C32H36N12O3S/c1-22(18-43-21-37-40-41-43)47-29-14-23(2-3-24(29)15-33)25-16-35-32(36-17-25)38-28-19-44(39-31(28)46-20-30-34-8-13-48-30)27-6-4-26(5-7-27)42-9-11-45-12-10-42/h2-3,8,13-14,16-17,19,21-22,26-27H,4-7,9-12,18,20H2,1H3,(H,35,36,38). The van der Waals surface area contributed by atoms with Gasteiger partial charge < -0.3 is 19.5 Å². The number of tetrazole rings is 1.